The minimum atomic E-state index is -4.47. The third-order valence-electron chi connectivity index (χ3n) is 4.40. The summed E-state index contributed by atoms with van der Waals surface area (Å²) in [5.41, 5.74) is 0.673. The first-order chi connectivity index (χ1) is 14.3. The lowest BCUT2D eigenvalue weighted by Gasteiger charge is -2.08. The van der Waals surface area contributed by atoms with Crippen LogP contribution in [0.25, 0.3) is 11.5 Å². The van der Waals surface area contributed by atoms with E-state index in [1.54, 1.807) is 23.9 Å². The molecule has 152 valence electrons. The van der Waals surface area contributed by atoms with Crippen LogP contribution in [0, 0.1) is 6.92 Å². The molecule has 0 aliphatic carbocycles. The van der Waals surface area contributed by atoms with Crippen molar-refractivity contribution in [3.63, 3.8) is 0 Å². The van der Waals surface area contributed by atoms with Crippen LogP contribution in [0.3, 0.4) is 0 Å². The van der Waals surface area contributed by atoms with Crippen molar-refractivity contribution in [1.29, 1.82) is 0 Å². The van der Waals surface area contributed by atoms with E-state index >= 15 is 0 Å². The van der Waals surface area contributed by atoms with Gasteiger partial charge in [-0.2, -0.15) is 23.4 Å². The monoisotopic (exact) mass is 412 g/mol. The van der Waals surface area contributed by atoms with Crippen molar-refractivity contribution in [2.45, 2.75) is 13.1 Å². The van der Waals surface area contributed by atoms with Gasteiger partial charge < -0.3 is 5.32 Å². The second-order valence-corrected chi connectivity index (χ2v) is 6.39. The standard InChI is InChI=1S/C20H15F3N6O/c1-13-16(12-25-29(13)18-8-7-14(11-24-18)20(21,22)23)19(30)26-17-9-10-28(27-17)15-5-3-2-4-6-15/h2-12H,1H3,(H,26,27,30). The molecule has 0 aliphatic rings. The third-order valence-corrected chi connectivity index (χ3v) is 4.40. The normalized spacial score (nSPS) is 11.5. The molecule has 0 saturated carbocycles. The first kappa shape index (κ1) is 19.4. The van der Waals surface area contributed by atoms with Crippen molar-refractivity contribution in [2.75, 3.05) is 5.32 Å². The van der Waals surface area contributed by atoms with Gasteiger partial charge in [0, 0.05) is 18.5 Å². The maximum absolute atomic E-state index is 12.7. The Kier molecular flexibility index (Phi) is 4.82. The molecule has 3 aromatic heterocycles. The molecule has 10 heteroatoms. The zero-order valence-electron chi connectivity index (χ0n) is 15.6. The molecule has 0 saturated heterocycles. The van der Waals surface area contributed by atoms with E-state index in [4.69, 9.17) is 0 Å². The summed E-state index contributed by atoms with van der Waals surface area (Å²) in [7, 11) is 0. The van der Waals surface area contributed by atoms with Crippen molar-refractivity contribution in [1.82, 2.24) is 24.5 Å². The summed E-state index contributed by atoms with van der Waals surface area (Å²) in [6.07, 6.45) is -0.698. The van der Waals surface area contributed by atoms with Crippen molar-refractivity contribution >= 4 is 11.7 Å². The predicted octanol–water partition coefficient (Wildman–Crippen LogP) is 4.03. The Morgan fingerprint density at radius 2 is 1.80 bits per heavy atom. The Morgan fingerprint density at radius 1 is 1.03 bits per heavy atom. The van der Waals surface area contributed by atoms with Gasteiger partial charge in [-0.15, -0.1) is 0 Å². The molecule has 4 rings (SSSR count). The molecule has 30 heavy (non-hydrogen) atoms. The largest absolute Gasteiger partial charge is 0.417 e. The minimum Gasteiger partial charge on any atom is -0.305 e. The summed E-state index contributed by atoms with van der Waals surface area (Å²) >= 11 is 0. The highest BCUT2D eigenvalue weighted by atomic mass is 19.4. The maximum atomic E-state index is 12.7. The number of benzene rings is 1. The molecule has 0 bridgehead atoms. The van der Waals surface area contributed by atoms with Crippen LogP contribution in [0.2, 0.25) is 0 Å². The number of pyridine rings is 1. The number of halogens is 3. The molecule has 0 aliphatic heterocycles. The number of nitrogens with one attached hydrogen (secondary N) is 1. The lowest BCUT2D eigenvalue weighted by Crippen LogP contribution is -2.14. The molecule has 7 nitrogen and oxygen atoms in total. The molecular weight excluding hydrogens is 397 g/mol. The topological polar surface area (TPSA) is 77.6 Å². The number of alkyl halides is 3. The average Bonchev–Trinajstić information content (AvgIpc) is 3.35. The van der Waals surface area contributed by atoms with Crippen LogP contribution in [0.5, 0.6) is 0 Å². The highest BCUT2D eigenvalue weighted by Crippen LogP contribution is 2.28. The summed E-state index contributed by atoms with van der Waals surface area (Å²) in [6, 6.07) is 13.2. The van der Waals surface area contributed by atoms with E-state index in [0.717, 1.165) is 18.0 Å². The summed E-state index contributed by atoms with van der Waals surface area (Å²) < 4.78 is 41.0. The number of anilines is 1. The minimum absolute atomic E-state index is 0.174. The van der Waals surface area contributed by atoms with Gasteiger partial charge in [0.2, 0.25) is 0 Å². The Labute approximate surface area is 168 Å². The second-order valence-electron chi connectivity index (χ2n) is 6.39. The van der Waals surface area contributed by atoms with Gasteiger partial charge in [-0.1, -0.05) is 18.2 Å². The number of aromatic nitrogens is 5. The molecule has 0 radical (unpaired) electrons. The quantitative estimate of drug-likeness (QED) is 0.549. The molecule has 0 spiro atoms. The van der Waals surface area contributed by atoms with Gasteiger partial charge in [0.25, 0.3) is 5.91 Å². The Balaban J connectivity index is 1.52. The average molecular weight is 412 g/mol. The fourth-order valence-electron chi connectivity index (χ4n) is 2.84. The molecule has 3 heterocycles. The van der Waals surface area contributed by atoms with Gasteiger partial charge in [-0.3, -0.25) is 4.79 Å². The van der Waals surface area contributed by atoms with E-state index in [-0.39, 0.29) is 11.4 Å². The summed E-state index contributed by atoms with van der Waals surface area (Å²) in [5.74, 6) is 0.0838. The maximum Gasteiger partial charge on any atom is 0.417 e. The van der Waals surface area contributed by atoms with Crippen molar-refractivity contribution in [2.24, 2.45) is 0 Å². The van der Waals surface area contributed by atoms with E-state index in [1.165, 1.54) is 16.9 Å². The van der Waals surface area contributed by atoms with E-state index in [9.17, 15) is 18.0 Å². The van der Waals surface area contributed by atoms with Crippen LogP contribution in [-0.2, 0) is 6.18 Å². The van der Waals surface area contributed by atoms with E-state index in [0.29, 0.717) is 11.5 Å². The number of hydrogen-bond acceptors (Lipinski definition) is 4. The second kappa shape index (κ2) is 7.47. The highest BCUT2D eigenvalue weighted by Gasteiger charge is 2.30. The molecule has 0 atom stereocenters. The molecule has 4 aromatic rings. The molecule has 0 unspecified atom stereocenters. The number of para-hydroxylation sites is 1. The predicted molar refractivity (Wildman–Crippen MR) is 103 cm³/mol. The molecule has 1 amide bonds. The number of hydrogen-bond donors (Lipinski definition) is 1. The zero-order valence-corrected chi connectivity index (χ0v) is 15.6. The number of rotatable bonds is 4. The fraction of sp³-hybridized carbons (Fsp3) is 0.100. The lowest BCUT2D eigenvalue weighted by molar-refractivity contribution is -0.137. The number of nitrogens with zero attached hydrogens (tertiary/aromatic N) is 5. The number of carbonyl (C=O) groups excluding carboxylic acids is 1. The van der Waals surface area contributed by atoms with Gasteiger partial charge in [0.15, 0.2) is 11.6 Å². The van der Waals surface area contributed by atoms with E-state index in [2.05, 4.69) is 20.5 Å². The summed E-state index contributed by atoms with van der Waals surface area (Å²) in [4.78, 5) is 16.4. The Hall–Kier alpha value is -3.95. The van der Waals surface area contributed by atoms with Gasteiger partial charge in [-0.05, 0) is 31.2 Å². The zero-order chi connectivity index (χ0) is 21.3. The summed E-state index contributed by atoms with van der Waals surface area (Å²) in [6.45, 7) is 1.63. The lowest BCUT2D eigenvalue weighted by atomic mass is 10.2. The van der Waals surface area contributed by atoms with Crippen LogP contribution in [0.1, 0.15) is 21.6 Å². The first-order valence-corrected chi connectivity index (χ1v) is 8.83. The van der Waals surface area contributed by atoms with Crippen LogP contribution < -0.4 is 5.32 Å². The van der Waals surface area contributed by atoms with Gasteiger partial charge in [0.05, 0.1) is 28.7 Å². The van der Waals surface area contributed by atoms with E-state index in [1.807, 2.05) is 30.3 Å². The van der Waals surface area contributed by atoms with Crippen LogP contribution in [-0.4, -0.2) is 30.5 Å². The van der Waals surface area contributed by atoms with Crippen LogP contribution in [0.4, 0.5) is 19.0 Å². The van der Waals surface area contributed by atoms with Crippen LogP contribution in [0.15, 0.2) is 67.1 Å². The molecule has 0 fully saturated rings. The molecular formula is C20H15F3N6O. The van der Waals surface area contributed by atoms with Crippen molar-refractivity contribution in [3.8, 4) is 11.5 Å². The van der Waals surface area contributed by atoms with Gasteiger partial charge >= 0.3 is 6.18 Å². The van der Waals surface area contributed by atoms with Crippen molar-refractivity contribution < 1.29 is 18.0 Å². The Morgan fingerprint density at radius 3 is 2.47 bits per heavy atom. The van der Waals surface area contributed by atoms with Gasteiger partial charge in [-0.25, -0.2) is 14.3 Å². The number of amides is 1. The highest BCUT2D eigenvalue weighted by molar-refractivity contribution is 6.04. The molecule has 1 aromatic carbocycles. The fourth-order valence-corrected chi connectivity index (χ4v) is 2.84. The van der Waals surface area contributed by atoms with Gasteiger partial charge in [0.1, 0.15) is 0 Å². The third kappa shape index (κ3) is 3.79. The van der Waals surface area contributed by atoms with E-state index < -0.39 is 17.6 Å². The first-order valence-electron chi connectivity index (χ1n) is 8.83. The van der Waals surface area contributed by atoms with Crippen molar-refractivity contribution in [3.05, 3.63) is 83.9 Å². The van der Waals surface area contributed by atoms with Crippen LogP contribution >= 0.6 is 0 Å². The smallest absolute Gasteiger partial charge is 0.305 e. The molecule has 1 N–H and O–H groups in total. The summed E-state index contributed by atoms with van der Waals surface area (Å²) in [5, 5.41) is 11.1. The SMILES string of the molecule is Cc1c(C(=O)Nc2ccn(-c3ccccc3)n2)cnn1-c1ccc(C(F)(F)F)cn1. The Bertz CT molecular complexity index is 1180. The number of carbonyl (C=O) groups is 1.